The number of halogens is 2. The monoisotopic (exact) mass is 249 g/mol. The lowest BCUT2D eigenvalue weighted by Crippen LogP contribution is -2.20. The summed E-state index contributed by atoms with van der Waals surface area (Å²) in [5.74, 6) is -3.20. The minimum absolute atomic E-state index is 0.0361. The maximum atomic E-state index is 13.6. The van der Waals surface area contributed by atoms with Crippen LogP contribution in [-0.2, 0) is 4.79 Å². The van der Waals surface area contributed by atoms with E-state index in [-0.39, 0.29) is 11.3 Å². The van der Waals surface area contributed by atoms with Crippen LogP contribution in [0.3, 0.4) is 0 Å². The Bertz CT molecular complexity index is 591. The number of carboxylic acids is 1. The van der Waals surface area contributed by atoms with E-state index < -0.39 is 17.6 Å². The second kappa shape index (κ2) is 4.44. The summed E-state index contributed by atoms with van der Waals surface area (Å²) >= 11 is 0. The van der Waals surface area contributed by atoms with Crippen molar-refractivity contribution < 1.29 is 18.7 Å². The molecular weight excluding hydrogens is 240 g/mol. The van der Waals surface area contributed by atoms with Crippen molar-refractivity contribution in [3.8, 4) is 0 Å². The summed E-state index contributed by atoms with van der Waals surface area (Å²) < 4.78 is 26.8. The summed E-state index contributed by atoms with van der Waals surface area (Å²) in [6.45, 7) is 3.65. The van der Waals surface area contributed by atoms with Crippen molar-refractivity contribution in [2.75, 3.05) is 4.90 Å². The Hall–Kier alpha value is -2.43. The summed E-state index contributed by atoms with van der Waals surface area (Å²) in [7, 11) is 0. The van der Waals surface area contributed by atoms with Crippen molar-refractivity contribution in [2.45, 2.75) is 0 Å². The lowest BCUT2D eigenvalue weighted by molar-refractivity contribution is -0.132. The van der Waals surface area contributed by atoms with Gasteiger partial charge in [0.2, 0.25) is 0 Å². The highest BCUT2D eigenvalue weighted by molar-refractivity contribution is 5.91. The molecule has 0 aromatic heterocycles. The predicted molar refractivity (Wildman–Crippen MR) is 62.8 cm³/mol. The molecule has 1 aliphatic heterocycles. The number of aliphatic carboxylic acids is 1. The first-order valence-electron chi connectivity index (χ1n) is 5.06. The molecule has 0 saturated heterocycles. The number of benzene rings is 1. The van der Waals surface area contributed by atoms with Gasteiger partial charge in [-0.2, -0.15) is 0 Å². The van der Waals surface area contributed by atoms with Crippen molar-refractivity contribution in [1.29, 1.82) is 0 Å². The van der Waals surface area contributed by atoms with Crippen LogP contribution >= 0.6 is 0 Å². The Balaban J connectivity index is 2.50. The minimum Gasteiger partial charge on any atom is -0.478 e. The molecule has 1 aliphatic rings. The Morgan fingerprint density at radius 3 is 2.67 bits per heavy atom. The van der Waals surface area contributed by atoms with Crippen LogP contribution in [0.4, 0.5) is 14.5 Å². The molecule has 0 saturated carbocycles. The van der Waals surface area contributed by atoms with Gasteiger partial charge in [-0.05, 0) is 24.3 Å². The summed E-state index contributed by atoms with van der Waals surface area (Å²) in [5, 5.41) is 8.87. The van der Waals surface area contributed by atoms with Gasteiger partial charge in [0.15, 0.2) is 11.6 Å². The molecule has 3 nitrogen and oxygen atoms in total. The number of anilines is 1. The number of carbonyl (C=O) groups is 1. The van der Waals surface area contributed by atoms with E-state index in [1.165, 1.54) is 35.4 Å². The molecule has 2 rings (SSSR count). The van der Waals surface area contributed by atoms with Gasteiger partial charge in [-0.25, -0.2) is 13.6 Å². The molecule has 1 heterocycles. The van der Waals surface area contributed by atoms with Crippen LogP contribution in [0.2, 0.25) is 0 Å². The van der Waals surface area contributed by atoms with Crippen LogP contribution in [0.5, 0.6) is 0 Å². The lowest BCUT2D eigenvalue weighted by atomic mass is 10.1. The fourth-order valence-corrected chi connectivity index (χ4v) is 1.56. The van der Waals surface area contributed by atoms with Crippen LogP contribution in [0.15, 0.2) is 54.4 Å². The SMILES string of the molecule is C=C1C=CC(C(=O)O)=CN1c1cccc(F)c1F. The molecule has 5 heteroatoms. The first-order chi connectivity index (χ1) is 8.50. The molecule has 1 aromatic carbocycles. The number of nitrogens with zero attached hydrogens (tertiary/aromatic N) is 1. The average Bonchev–Trinajstić information content (AvgIpc) is 2.33. The quantitative estimate of drug-likeness (QED) is 0.876. The van der Waals surface area contributed by atoms with Gasteiger partial charge in [-0.1, -0.05) is 12.6 Å². The third-order valence-electron chi connectivity index (χ3n) is 2.47. The van der Waals surface area contributed by atoms with E-state index in [1.807, 2.05) is 0 Å². The normalized spacial score (nSPS) is 14.7. The number of hydrogen-bond acceptors (Lipinski definition) is 2. The molecule has 1 aromatic rings. The van der Waals surface area contributed by atoms with Crippen LogP contribution in [0.25, 0.3) is 0 Å². The molecule has 0 bridgehead atoms. The van der Waals surface area contributed by atoms with E-state index in [4.69, 9.17) is 5.11 Å². The highest BCUT2D eigenvalue weighted by Gasteiger charge is 2.19. The molecule has 1 N–H and O–H groups in total. The van der Waals surface area contributed by atoms with Gasteiger partial charge in [-0.15, -0.1) is 0 Å². The van der Waals surface area contributed by atoms with Gasteiger partial charge in [0, 0.05) is 11.9 Å². The highest BCUT2D eigenvalue weighted by Crippen LogP contribution is 2.28. The van der Waals surface area contributed by atoms with Gasteiger partial charge < -0.3 is 10.0 Å². The minimum atomic E-state index is -1.15. The molecule has 0 fully saturated rings. The van der Waals surface area contributed by atoms with Gasteiger partial charge in [0.25, 0.3) is 0 Å². The van der Waals surface area contributed by atoms with E-state index in [1.54, 1.807) is 0 Å². The van der Waals surface area contributed by atoms with Gasteiger partial charge >= 0.3 is 5.97 Å². The standard InChI is InChI=1S/C13H9F2NO2/c1-8-5-6-9(13(17)18)7-16(8)11-4-2-3-10(14)12(11)15/h2-7H,1H2,(H,17,18). The summed E-state index contributed by atoms with van der Waals surface area (Å²) in [5.41, 5.74) is 0.235. The molecule has 0 atom stereocenters. The van der Waals surface area contributed by atoms with Crippen molar-refractivity contribution in [3.63, 3.8) is 0 Å². The fraction of sp³-hybridized carbons (Fsp3) is 0. The zero-order chi connectivity index (χ0) is 13.3. The Morgan fingerprint density at radius 1 is 1.28 bits per heavy atom. The van der Waals surface area contributed by atoms with E-state index >= 15 is 0 Å². The molecular formula is C13H9F2NO2. The fourth-order valence-electron chi connectivity index (χ4n) is 1.56. The Labute approximate surface area is 102 Å². The third-order valence-corrected chi connectivity index (χ3v) is 2.47. The van der Waals surface area contributed by atoms with Crippen molar-refractivity contribution in [3.05, 3.63) is 66.0 Å². The third kappa shape index (κ3) is 2.02. The number of allylic oxidation sites excluding steroid dienone is 1. The first kappa shape index (κ1) is 12.0. The van der Waals surface area contributed by atoms with Crippen LogP contribution < -0.4 is 4.90 Å². The number of hydrogen-bond donors (Lipinski definition) is 1. The maximum absolute atomic E-state index is 13.6. The van der Waals surface area contributed by atoms with E-state index in [0.717, 1.165) is 6.07 Å². The molecule has 0 spiro atoms. The van der Waals surface area contributed by atoms with Gasteiger partial charge in [0.1, 0.15) is 0 Å². The smallest absolute Gasteiger partial charge is 0.337 e. The van der Waals surface area contributed by atoms with Crippen molar-refractivity contribution in [1.82, 2.24) is 0 Å². The van der Waals surface area contributed by atoms with Crippen LogP contribution in [0, 0.1) is 11.6 Å². The van der Waals surface area contributed by atoms with Crippen LogP contribution in [0.1, 0.15) is 0 Å². The van der Waals surface area contributed by atoms with E-state index in [2.05, 4.69) is 6.58 Å². The zero-order valence-corrected chi connectivity index (χ0v) is 9.23. The van der Waals surface area contributed by atoms with E-state index in [9.17, 15) is 13.6 Å². The van der Waals surface area contributed by atoms with Crippen molar-refractivity contribution >= 4 is 11.7 Å². The summed E-state index contributed by atoms with van der Waals surface area (Å²) in [4.78, 5) is 12.0. The van der Waals surface area contributed by atoms with Crippen LogP contribution in [-0.4, -0.2) is 11.1 Å². The summed E-state index contributed by atoms with van der Waals surface area (Å²) in [6.07, 6.45) is 3.97. The molecule has 0 aliphatic carbocycles. The second-order valence-corrected chi connectivity index (χ2v) is 3.66. The zero-order valence-electron chi connectivity index (χ0n) is 9.23. The highest BCUT2D eigenvalue weighted by atomic mass is 19.2. The Morgan fingerprint density at radius 2 is 2.00 bits per heavy atom. The second-order valence-electron chi connectivity index (χ2n) is 3.66. The average molecular weight is 249 g/mol. The number of rotatable bonds is 2. The lowest BCUT2D eigenvalue weighted by Gasteiger charge is -2.24. The first-order valence-corrected chi connectivity index (χ1v) is 5.06. The van der Waals surface area contributed by atoms with E-state index in [0.29, 0.717) is 5.70 Å². The van der Waals surface area contributed by atoms with Gasteiger partial charge in [0.05, 0.1) is 11.3 Å². The molecule has 0 amide bonds. The molecule has 0 unspecified atom stereocenters. The van der Waals surface area contributed by atoms with Gasteiger partial charge in [-0.3, -0.25) is 0 Å². The Kier molecular flexibility index (Phi) is 2.97. The predicted octanol–water partition coefficient (Wildman–Crippen LogP) is 2.82. The van der Waals surface area contributed by atoms with Crippen molar-refractivity contribution in [2.24, 2.45) is 0 Å². The largest absolute Gasteiger partial charge is 0.478 e. The number of carboxylic acid groups (broad SMARTS) is 1. The molecule has 0 radical (unpaired) electrons. The summed E-state index contributed by atoms with van der Waals surface area (Å²) in [6, 6.07) is 3.68. The maximum Gasteiger partial charge on any atom is 0.337 e. The molecule has 92 valence electrons. The molecule has 18 heavy (non-hydrogen) atoms. The topological polar surface area (TPSA) is 40.5 Å².